The van der Waals surface area contributed by atoms with Gasteiger partial charge in [0.05, 0.1) is 44.0 Å². The highest BCUT2D eigenvalue weighted by Gasteiger charge is 2.24. The average molecular weight is 535 g/mol. The minimum absolute atomic E-state index is 0.0773. The van der Waals surface area contributed by atoms with Crippen LogP contribution in [0.3, 0.4) is 0 Å². The Morgan fingerprint density at radius 3 is 2.32 bits per heavy atom. The van der Waals surface area contributed by atoms with Gasteiger partial charge in [0.15, 0.2) is 11.5 Å². The van der Waals surface area contributed by atoms with Gasteiger partial charge in [-0.1, -0.05) is 17.7 Å². The number of carbonyl (C=O) groups excluding carboxylic acids is 1. The number of benzene rings is 3. The zero-order chi connectivity index (χ0) is 27.1. The standard InChI is InChI=1S/C27H27N5O5S/c1-17-5-7-19(8-6-17)26-30-31-27(32(26)20-9-11-21(35-2)12-10-20)38-16-24(33)29-28-15-18-13-22(36-3)25(34)23(14-18)37-4/h5-15H,16H2,1-4H3,(H2,28,29,33,34)/p+1. The van der Waals surface area contributed by atoms with Crippen molar-refractivity contribution in [3.63, 3.8) is 0 Å². The van der Waals surface area contributed by atoms with Gasteiger partial charge in [0.25, 0.3) is 11.7 Å². The van der Waals surface area contributed by atoms with Crippen LogP contribution in [0.25, 0.3) is 17.1 Å². The number of rotatable bonds is 10. The third-order valence-corrected chi connectivity index (χ3v) is 6.50. The predicted molar refractivity (Wildman–Crippen MR) is 145 cm³/mol. The van der Waals surface area contributed by atoms with Crippen molar-refractivity contribution in [2.75, 3.05) is 27.1 Å². The van der Waals surface area contributed by atoms with E-state index >= 15 is 0 Å². The Morgan fingerprint density at radius 1 is 1.05 bits per heavy atom. The average Bonchev–Trinajstić information content (AvgIpc) is 3.37. The molecule has 0 unspecified atom stereocenters. The minimum Gasteiger partial charge on any atom is -0.502 e. The number of phenolic OH excluding ortho intramolecular Hbond substituents is 1. The molecule has 0 saturated carbocycles. The Hall–Kier alpha value is -4.51. The Kier molecular flexibility index (Phi) is 8.49. The third-order valence-electron chi connectivity index (χ3n) is 5.57. The van der Waals surface area contributed by atoms with Crippen LogP contribution in [-0.2, 0) is 4.79 Å². The second kappa shape index (κ2) is 12.2. The molecule has 4 rings (SSSR count). The van der Waals surface area contributed by atoms with Crippen molar-refractivity contribution >= 4 is 23.9 Å². The molecule has 11 heteroatoms. The largest absolute Gasteiger partial charge is 0.502 e. The normalized spacial score (nSPS) is 10.9. The summed E-state index contributed by atoms with van der Waals surface area (Å²) in [6.07, 6.45) is 1.44. The number of methoxy groups -OCH3 is 3. The number of carbonyl (C=O) groups is 1. The zero-order valence-electron chi connectivity index (χ0n) is 21.4. The molecule has 0 bridgehead atoms. The van der Waals surface area contributed by atoms with Crippen molar-refractivity contribution in [2.45, 2.75) is 12.1 Å². The van der Waals surface area contributed by atoms with Crippen LogP contribution >= 0.6 is 11.8 Å². The molecule has 4 aromatic rings. The highest BCUT2D eigenvalue weighted by molar-refractivity contribution is 7.99. The molecule has 1 aromatic heterocycles. The van der Waals surface area contributed by atoms with E-state index in [1.54, 1.807) is 19.2 Å². The van der Waals surface area contributed by atoms with Gasteiger partial charge in [-0.05, 0) is 67.2 Å². The summed E-state index contributed by atoms with van der Waals surface area (Å²) in [6.45, 7) is 2.03. The molecule has 0 aliphatic rings. The lowest BCUT2D eigenvalue weighted by Gasteiger charge is -2.09. The van der Waals surface area contributed by atoms with E-state index in [2.05, 4.69) is 20.7 Å². The third kappa shape index (κ3) is 6.06. The number of amides is 1. The summed E-state index contributed by atoms with van der Waals surface area (Å²) >= 11 is 1.27. The van der Waals surface area contributed by atoms with E-state index in [9.17, 15) is 9.90 Å². The minimum atomic E-state index is -0.315. The number of phenols is 1. The van der Waals surface area contributed by atoms with E-state index in [-0.39, 0.29) is 28.9 Å². The van der Waals surface area contributed by atoms with Crippen LogP contribution in [0.15, 0.2) is 70.9 Å². The van der Waals surface area contributed by atoms with Crippen molar-refractivity contribution in [3.05, 3.63) is 71.8 Å². The number of aromatic hydroxyl groups is 1. The van der Waals surface area contributed by atoms with Gasteiger partial charge in [-0.25, -0.2) is 5.43 Å². The van der Waals surface area contributed by atoms with E-state index in [1.165, 1.54) is 32.2 Å². The highest BCUT2D eigenvalue weighted by Crippen LogP contribution is 2.36. The fourth-order valence-corrected chi connectivity index (χ4v) is 4.36. The van der Waals surface area contributed by atoms with Crippen LogP contribution < -0.4 is 24.2 Å². The van der Waals surface area contributed by atoms with Crippen LogP contribution in [-0.4, -0.2) is 54.5 Å². The van der Waals surface area contributed by atoms with E-state index in [4.69, 9.17) is 14.2 Å². The van der Waals surface area contributed by atoms with Crippen LogP contribution in [0.4, 0.5) is 0 Å². The first-order valence-corrected chi connectivity index (χ1v) is 12.5. The van der Waals surface area contributed by atoms with Crippen LogP contribution in [0.1, 0.15) is 11.1 Å². The molecule has 0 spiro atoms. The molecule has 1 amide bonds. The Labute approximate surface area is 224 Å². The van der Waals surface area contributed by atoms with Gasteiger partial charge in [0.1, 0.15) is 11.4 Å². The summed E-state index contributed by atoms with van der Waals surface area (Å²) in [4.78, 5) is 12.6. The first-order valence-electron chi connectivity index (χ1n) is 11.5. The summed E-state index contributed by atoms with van der Waals surface area (Å²) < 4.78 is 17.5. The van der Waals surface area contributed by atoms with E-state index in [0.29, 0.717) is 10.7 Å². The van der Waals surface area contributed by atoms with Crippen LogP contribution in [0.2, 0.25) is 0 Å². The molecule has 0 radical (unpaired) electrons. The Balaban J connectivity index is 1.50. The second-order valence-electron chi connectivity index (χ2n) is 8.11. The van der Waals surface area contributed by atoms with Gasteiger partial charge < -0.3 is 19.3 Å². The number of hydrogen-bond acceptors (Lipinski definition) is 8. The van der Waals surface area contributed by atoms with E-state index in [1.807, 2.05) is 60.0 Å². The van der Waals surface area contributed by atoms with Gasteiger partial charge in [-0.3, -0.25) is 4.79 Å². The quantitative estimate of drug-likeness (QED) is 0.123. The van der Waals surface area contributed by atoms with Crippen molar-refractivity contribution in [3.8, 4) is 40.1 Å². The summed E-state index contributed by atoms with van der Waals surface area (Å²) in [6, 6.07) is 18.9. The summed E-state index contributed by atoms with van der Waals surface area (Å²) in [5, 5.41) is 22.3. The first-order chi connectivity index (χ1) is 18.4. The lowest BCUT2D eigenvalue weighted by Crippen LogP contribution is -2.34. The monoisotopic (exact) mass is 534 g/mol. The molecule has 1 heterocycles. The zero-order valence-corrected chi connectivity index (χ0v) is 22.2. The highest BCUT2D eigenvalue weighted by atomic mass is 32.2. The maximum Gasteiger partial charge on any atom is 0.342 e. The molecule has 38 heavy (non-hydrogen) atoms. The lowest BCUT2D eigenvalue weighted by molar-refractivity contribution is -0.625. The number of hydrazone groups is 1. The molecule has 196 valence electrons. The summed E-state index contributed by atoms with van der Waals surface area (Å²) in [5.41, 5.74) is 6.07. The number of ether oxygens (including phenoxy) is 3. The second-order valence-corrected chi connectivity index (χ2v) is 9.05. The van der Waals surface area contributed by atoms with Crippen LogP contribution in [0, 0.1) is 6.92 Å². The van der Waals surface area contributed by atoms with Crippen molar-refractivity contribution in [1.29, 1.82) is 0 Å². The first kappa shape index (κ1) is 26.6. The summed E-state index contributed by atoms with van der Waals surface area (Å²) in [5.74, 6) is 1.65. The van der Waals surface area contributed by atoms with Gasteiger partial charge in [-0.15, -0.1) is 5.10 Å². The van der Waals surface area contributed by atoms with Crippen LogP contribution in [0.5, 0.6) is 23.0 Å². The van der Waals surface area contributed by atoms with Crippen molar-refractivity contribution in [1.82, 2.24) is 15.6 Å². The number of aromatic amines is 1. The molecule has 3 N–H and O–H groups in total. The molecule has 0 saturated heterocycles. The number of aromatic nitrogens is 3. The van der Waals surface area contributed by atoms with E-state index in [0.717, 1.165) is 28.4 Å². The fourth-order valence-electron chi connectivity index (χ4n) is 3.60. The Bertz CT molecular complexity index is 1410. The molecule has 3 aromatic carbocycles. The number of aryl methyl sites for hydroxylation is 1. The predicted octanol–water partition coefficient (Wildman–Crippen LogP) is 3.64. The summed E-state index contributed by atoms with van der Waals surface area (Å²) in [7, 11) is 4.49. The number of nitrogens with one attached hydrogen (secondary N) is 2. The molecule has 10 nitrogen and oxygen atoms in total. The van der Waals surface area contributed by atoms with Gasteiger partial charge in [0.2, 0.25) is 5.75 Å². The molecular formula is C27H28N5O5S+. The number of nitrogens with zero attached hydrogens (tertiary/aromatic N) is 3. The maximum absolute atomic E-state index is 12.6. The number of H-pyrrole nitrogens is 1. The maximum atomic E-state index is 12.6. The van der Waals surface area contributed by atoms with E-state index < -0.39 is 0 Å². The molecule has 0 aliphatic carbocycles. The van der Waals surface area contributed by atoms with Gasteiger partial charge >= 0.3 is 5.16 Å². The van der Waals surface area contributed by atoms with Crippen molar-refractivity contribution < 1.29 is 28.7 Å². The molecule has 0 atom stereocenters. The molecular weight excluding hydrogens is 506 g/mol. The molecule has 0 fully saturated rings. The lowest BCUT2D eigenvalue weighted by atomic mass is 10.1. The molecule has 0 aliphatic heterocycles. The van der Waals surface area contributed by atoms with Gasteiger partial charge in [-0.2, -0.15) is 9.67 Å². The number of hydrogen-bond donors (Lipinski definition) is 3. The SMILES string of the molecule is COc1ccc(-[n+]2c(SCC(=O)N/N=C/c3cc(OC)c(O)c(OC)c3)n[nH]c2-c2ccc(C)cc2)cc1. The topological polar surface area (TPSA) is 122 Å². The fraction of sp³-hybridized carbons (Fsp3) is 0.185. The number of thioether (sulfide) groups is 1. The van der Waals surface area contributed by atoms with Crippen molar-refractivity contribution in [2.24, 2.45) is 5.10 Å². The Morgan fingerprint density at radius 2 is 1.71 bits per heavy atom. The van der Waals surface area contributed by atoms with Gasteiger partial charge in [0, 0.05) is 5.56 Å². The smallest absolute Gasteiger partial charge is 0.342 e.